The van der Waals surface area contributed by atoms with Gasteiger partial charge in [-0.25, -0.2) is 4.98 Å². The highest BCUT2D eigenvalue weighted by molar-refractivity contribution is 5.89. The van der Waals surface area contributed by atoms with Crippen molar-refractivity contribution in [3.63, 3.8) is 0 Å². The molecule has 3 aliphatic rings. The third-order valence-electron chi connectivity index (χ3n) is 7.13. The third kappa shape index (κ3) is 3.10. The van der Waals surface area contributed by atoms with E-state index in [4.69, 9.17) is 9.72 Å². The minimum absolute atomic E-state index is 0.0187. The Labute approximate surface area is 183 Å². The number of nitrogens with one attached hydrogen (secondary N) is 1. The van der Waals surface area contributed by atoms with Gasteiger partial charge >= 0.3 is 0 Å². The van der Waals surface area contributed by atoms with Crippen molar-refractivity contribution in [3.8, 4) is 0 Å². The molecular formula is C24H30N6O. The number of ether oxygens (including phenoxy) is 1. The lowest BCUT2D eigenvalue weighted by atomic mass is 9.88. The average Bonchev–Trinajstić information content (AvgIpc) is 3.12. The first-order chi connectivity index (χ1) is 15.0. The van der Waals surface area contributed by atoms with E-state index in [9.17, 15) is 0 Å². The van der Waals surface area contributed by atoms with Crippen LogP contribution in [0.2, 0.25) is 0 Å². The maximum absolute atomic E-state index is 6.07. The van der Waals surface area contributed by atoms with Crippen molar-refractivity contribution in [2.45, 2.75) is 31.9 Å². The van der Waals surface area contributed by atoms with E-state index >= 15 is 0 Å². The monoisotopic (exact) mass is 418 g/mol. The third-order valence-corrected chi connectivity index (χ3v) is 7.13. The maximum Gasteiger partial charge on any atom is 0.159 e. The molecule has 0 radical (unpaired) electrons. The van der Waals surface area contributed by atoms with Crippen LogP contribution in [0.4, 0.5) is 11.4 Å². The molecule has 1 atom stereocenters. The van der Waals surface area contributed by atoms with Crippen LogP contribution < -0.4 is 15.1 Å². The topological polar surface area (TPSA) is 58.4 Å². The first-order valence-corrected chi connectivity index (χ1v) is 11.3. The highest BCUT2D eigenvalue weighted by atomic mass is 16.5. The second kappa shape index (κ2) is 6.93. The predicted molar refractivity (Wildman–Crippen MR) is 123 cm³/mol. The normalized spacial score (nSPS) is 22.6. The second-order valence-corrected chi connectivity index (χ2v) is 9.52. The molecule has 2 aromatic heterocycles. The molecule has 162 valence electrons. The van der Waals surface area contributed by atoms with E-state index in [1.807, 2.05) is 17.9 Å². The number of morpholine rings is 1. The highest BCUT2D eigenvalue weighted by Gasteiger charge is 2.45. The molecule has 0 aliphatic carbocycles. The van der Waals surface area contributed by atoms with Gasteiger partial charge in [0.05, 0.1) is 37.0 Å². The Morgan fingerprint density at radius 2 is 2.06 bits per heavy atom. The number of pyridine rings is 1. The molecule has 1 aromatic carbocycles. The summed E-state index contributed by atoms with van der Waals surface area (Å²) in [6.07, 6.45) is 1.95. The van der Waals surface area contributed by atoms with Crippen LogP contribution in [0.5, 0.6) is 0 Å². The molecule has 0 saturated carbocycles. The molecular weight excluding hydrogens is 388 g/mol. The summed E-state index contributed by atoms with van der Waals surface area (Å²) in [5.41, 5.74) is 7.47. The number of aryl methyl sites for hydroxylation is 2. The molecule has 0 unspecified atom stereocenters. The largest absolute Gasteiger partial charge is 0.369 e. The summed E-state index contributed by atoms with van der Waals surface area (Å²) in [5, 5.41) is 9.06. The van der Waals surface area contributed by atoms with Crippen LogP contribution in [-0.4, -0.2) is 59.7 Å². The Bertz CT molecular complexity index is 1140. The van der Waals surface area contributed by atoms with Crippen molar-refractivity contribution >= 4 is 22.4 Å². The Balaban J connectivity index is 1.26. The summed E-state index contributed by atoms with van der Waals surface area (Å²) in [4.78, 5) is 9.64. The van der Waals surface area contributed by atoms with Gasteiger partial charge in [-0.05, 0) is 42.2 Å². The summed E-state index contributed by atoms with van der Waals surface area (Å²) in [5.74, 6) is 0.465. The molecule has 3 aromatic rings. The van der Waals surface area contributed by atoms with Gasteiger partial charge < -0.3 is 19.9 Å². The minimum Gasteiger partial charge on any atom is -0.369 e. The Hall–Kier alpha value is -2.64. The number of hydrogen-bond donors (Lipinski definition) is 1. The smallest absolute Gasteiger partial charge is 0.159 e. The van der Waals surface area contributed by atoms with Crippen LogP contribution in [0.15, 0.2) is 30.5 Å². The fourth-order valence-corrected chi connectivity index (χ4v) is 5.49. The first-order valence-electron chi connectivity index (χ1n) is 11.3. The second-order valence-electron chi connectivity index (χ2n) is 9.52. The lowest BCUT2D eigenvalue weighted by molar-refractivity contribution is -0.0828. The van der Waals surface area contributed by atoms with E-state index in [1.54, 1.807) is 0 Å². The minimum atomic E-state index is 0.0187. The van der Waals surface area contributed by atoms with Crippen molar-refractivity contribution in [2.24, 2.45) is 7.05 Å². The molecule has 6 rings (SSSR count). The number of rotatable bonds is 2. The van der Waals surface area contributed by atoms with Crippen LogP contribution in [0, 0.1) is 6.92 Å². The van der Waals surface area contributed by atoms with Crippen molar-refractivity contribution in [1.82, 2.24) is 20.1 Å². The van der Waals surface area contributed by atoms with Crippen LogP contribution in [0.1, 0.15) is 29.7 Å². The van der Waals surface area contributed by atoms with Crippen molar-refractivity contribution in [3.05, 3.63) is 47.3 Å². The van der Waals surface area contributed by atoms with Crippen LogP contribution >= 0.6 is 0 Å². The summed E-state index contributed by atoms with van der Waals surface area (Å²) in [7, 11) is 1.96. The summed E-state index contributed by atoms with van der Waals surface area (Å²) >= 11 is 0. The van der Waals surface area contributed by atoms with Gasteiger partial charge in [-0.2, -0.15) is 5.10 Å². The summed E-state index contributed by atoms with van der Waals surface area (Å²) < 4.78 is 7.94. The lowest BCUT2D eigenvalue weighted by Gasteiger charge is -2.53. The Kier molecular flexibility index (Phi) is 4.27. The van der Waals surface area contributed by atoms with Gasteiger partial charge in [-0.1, -0.05) is 13.0 Å². The average molecular weight is 419 g/mol. The van der Waals surface area contributed by atoms with Crippen LogP contribution in [-0.2, 0) is 18.3 Å². The van der Waals surface area contributed by atoms with Gasteiger partial charge in [0, 0.05) is 44.6 Å². The number of nitrogens with zero attached hydrogens (tertiary/aromatic N) is 5. The molecule has 31 heavy (non-hydrogen) atoms. The first kappa shape index (κ1) is 19.1. The number of benzene rings is 1. The van der Waals surface area contributed by atoms with E-state index in [0.29, 0.717) is 5.92 Å². The van der Waals surface area contributed by atoms with Crippen molar-refractivity contribution in [2.75, 3.05) is 49.1 Å². The zero-order valence-corrected chi connectivity index (χ0v) is 18.6. The summed E-state index contributed by atoms with van der Waals surface area (Å²) in [6, 6.07) is 9.23. The number of hydrogen-bond acceptors (Lipinski definition) is 6. The van der Waals surface area contributed by atoms with E-state index in [2.05, 4.69) is 58.3 Å². The zero-order valence-electron chi connectivity index (χ0n) is 18.6. The lowest BCUT2D eigenvalue weighted by Crippen LogP contribution is -2.70. The molecule has 1 spiro atoms. The number of aromatic nitrogens is 3. The number of anilines is 2. The van der Waals surface area contributed by atoms with Gasteiger partial charge in [0.25, 0.3) is 0 Å². The molecule has 3 aliphatic heterocycles. The van der Waals surface area contributed by atoms with Crippen molar-refractivity contribution in [1.29, 1.82) is 0 Å². The molecule has 5 heterocycles. The van der Waals surface area contributed by atoms with Crippen LogP contribution in [0.3, 0.4) is 0 Å². The van der Waals surface area contributed by atoms with Gasteiger partial charge in [0.15, 0.2) is 5.65 Å². The Morgan fingerprint density at radius 3 is 2.87 bits per heavy atom. The number of fused-ring (bicyclic) bond motifs is 2. The molecule has 0 amide bonds. The fourth-order valence-electron chi connectivity index (χ4n) is 5.49. The predicted octanol–water partition coefficient (Wildman–Crippen LogP) is 2.58. The van der Waals surface area contributed by atoms with E-state index < -0.39 is 0 Å². The van der Waals surface area contributed by atoms with E-state index in [1.165, 1.54) is 22.5 Å². The molecule has 0 bridgehead atoms. The van der Waals surface area contributed by atoms with Crippen LogP contribution in [0.25, 0.3) is 11.0 Å². The molecule has 2 saturated heterocycles. The van der Waals surface area contributed by atoms with Gasteiger partial charge in [-0.3, -0.25) is 4.68 Å². The summed E-state index contributed by atoms with van der Waals surface area (Å²) in [6.45, 7) is 11.0. The van der Waals surface area contributed by atoms with Gasteiger partial charge in [-0.15, -0.1) is 0 Å². The van der Waals surface area contributed by atoms with Gasteiger partial charge in [0.2, 0.25) is 0 Å². The van der Waals surface area contributed by atoms with E-state index in [0.717, 1.165) is 62.6 Å². The Morgan fingerprint density at radius 1 is 1.19 bits per heavy atom. The van der Waals surface area contributed by atoms with Crippen molar-refractivity contribution < 1.29 is 4.74 Å². The molecule has 1 N–H and O–H groups in total. The van der Waals surface area contributed by atoms with E-state index in [-0.39, 0.29) is 5.60 Å². The molecule has 2 fully saturated rings. The SMILES string of the molecule is Cc1cc(N2Cc3ccc(N4CC5(CNCCO5)C4)cc3[C@@H](C)C2)c2cnn(C)c2n1. The highest BCUT2D eigenvalue weighted by Crippen LogP contribution is 2.38. The zero-order chi connectivity index (χ0) is 21.2. The molecule has 7 heteroatoms. The fraction of sp³-hybridized carbons (Fsp3) is 0.500. The quantitative estimate of drug-likeness (QED) is 0.690. The molecule has 7 nitrogen and oxygen atoms in total. The maximum atomic E-state index is 6.07. The standard InChI is InChI=1S/C24H30N6O/c1-16-11-29(22-8-17(2)27-23-21(22)10-26-28(23)3)12-18-4-5-19(9-20(16)18)30-14-24(15-30)13-25-6-7-31-24/h4-5,8-10,16,25H,6-7,11-15H2,1-3H3/t16-/m0/s1. The van der Waals surface area contributed by atoms with Gasteiger partial charge in [0.1, 0.15) is 5.60 Å².